The minimum Gasteiger partial charge on any atom is -0.346 e. The zero-order valence-electron chi connectivity index (χ0n) is 15.0. The normalized spacial score (nSPS) is 14.5. The number of benzene rings is 1. The number of likely N-dealkylation sites (N-methyl/N-ethyl adjacent to an activating group) is 1. The number of nitrogens with one attached hydrogen (secondary N) is 3. The second kappa shape index (κ2) is 8.62. The molecule has 2 rings (SSSR count). The Kier molecular flexibility index (Phi) is 6.52. The standard InChI is InChI=1S/C18H26N4O3/c1-4-22(5-2)12(3)11-19-17(24)18(25)20-14-7-8-15-13(10-14)6-9-16(23)21-15/h7-8,10,12H,4-6,9,11H2,1-3H3,(H,19,24)(H,20,25)(H,21,23). The van der Waals surface area contributed by atoms with Crippen LogP contribution < -0.4 is 16.0 Å². The number of nitrogens with zero attached hydrogens (tertiary/aromatic N) is 1. The maximum absolute atomic E-state index is 12.0. The zero-order chi connectivity index (χ0) is 18.4. The number of carbonyl (C=O) groups is 3. The molecule has 7 nitrogen and oxygen atoms in total. The van der Waals surface area contributed by atoms with Crippen LogP contribution in [-0.2, 0) is 20.8 Å². The lowest BCUT2D eigenvalue weighted by molar-refractivity contribution is -0.136. The van der Waals surface area contributed by atoms with Crippen LogP contribution in [0.3, 0.4) is 0 Å². The summed E-state index contributed by atoms with van der Waals surface area (Å²) in [5.41, 5.74) is 2.26. The number of aryl methyl sites for hydroxylation is 1. The maximum Gasteiger partial charge on any atom is 0.313 e. The van der Waals surface area contributed by atoms with Gasteiger partial charge in [0.1, 0.15) is 0 Å². The average Bonchev–Trinajstić information content (AvgIpc) is 2.60. The van der Waals surface area contributed by atoms with Crippen molar-refractivity contribution in [1.82, 2.24) is 10.2 Å². The van der Waals surface area contributed by atoms with Crippen molar-refractivity contribution in [2.75, 3.05) is 30.3 Å². The van der Waals surface area contributed by atoms with Gasteiger partial charge in [-0.1, -0.05) is 13.8 Å². The summed E-state index contributed by atoms with van der Waals surface area (Å²) in [6, 6.07) is 5.37. The van der Waals surface area contributed by atoms with Crippen LogP contribution in [0.5, 0.6) is 0 Å². The third-order valence-corrected chi connectivity index (χ3v) is 4.46. The molecule has 0 aliphatic carbocycles. The van der Waals surface area contributed by atoms with Crippen LogP contribution in [0.15, 0.2) is 18.2 Å². The van der Waals surface area contributed by atoms with Crippen molar-refractivity contribution in [1.29, 1.82) is 0 Å². The van der Waals surface area contributed by atoms with Gasteiger partial charge in [0.15, 0.2) is 0 Å². The molecule has 25 heavy (non-hydrogen) atoms. The van der Waals surface area contributed by atoms with Gasteiger partial charge in [0.2, 0.25) is 5.91 Å². The molecule has 0 radical (unpaired) electrons. The molecule has 0 aromatic heterocycles. The second-order valence-corrected chi connectivity index (χ2v) is 6.15. The summed E-state index contributed by atoms with van der Waals surface area (Å²) in [5.74, 6) is -1.34. The zero-order valence-corrected chi connectivity index (χ0v) is 15.0. The molecule has 1 aromatic rings. The van der Waals surface area contributed by atoms with E-state index in [1.165, 1.54) is 0 Å². The van der Waals surface area contributed by atoms with E-state index < -0.39 is 11.8 Å². The van der Waals surface area contributed by atoms with E-state index >= 15 is 0 Å². The molecule has 7 heteroatoms. The molecule has 0 saturated heterocycles. The van der Waals surface area contributed by atoms with E-state index in [4.69, 9.17) is 0 Å². The van der Waals surface area contributed by atoms with Gasteiger partial charge in [-0.2, -0.15) is 0 Å². The van der Waals surface area contributed by atoms with E-state index in [2.05, 4.69) is 34.7 Å². The van der Waals surface area contributed by atoms with Crippen molar-refractivity contribution in [2.45, 2.75) is 39.7 Å². The van der Waals surface area contributed by atoms with E-state index in [1.54, 1.807) is 18.2 Å². The number of carbonyl (C=O) groups excluding carboxylic acids is 3. The maximum atomic E-state index is 12.0. The molecule has 1 unspecified atom stereocenters. The van der Waals surface area contributed by atoms with Gasteiger partial charge in [0.25, 0.3) is 0 Å². The largest absolute Gasteiger partial charge is 0.346 e. The number of anilines is 2. The smallest absolute Gasteiger partial charge is 0.313 e. The SMILES string of the molecule is CCN(CC)C(C)CNC(=O)C(=O)Nc1ccc2c(c1)CCC(=O)N2. The number of rotatable bonds is 6. The predicted octanol–water partition coefficient (Wildman–Crippen LogP) is 1.36. The second-order valence-electron chi connectivity index (χ2n) is 6.15. The third-order valence-electron chi connectivity index (χ3n) is 4.46. The molecular formula is C18H26N4O3. The average molecular weight is 346 g/mol. The van der Waals surface area contributed by atoms with Crippen molar-refractivity contribution in [3.63, 3.8) is 0 Å². The Balaban J connectivity index is 1.89. The first-order valence-electron chi connectivity index (χ1n) is 8.70. The number of hydrogen-bond acceptors (Lipinski definition) is 4. The Hall–Kier alpha value is -2.41. The van der Waals surface area contributed by atoms with Crippen molar-refractivity contribution in [3.05, 3.63) is 23.8 Å². The molecule has 1 aliphatic heterocycles. The van der Waals surface area contributed by atoms with Crippen LogP contribution in [-0.4, -0.2) is 48.3 Å². The van der Waals surface area contributed by atoms with E-state index in [9.17, 15) is 14.4 Å². The summed E-state index contributed by atoms with van der Waals surface area (Å²) in [6.45, 7) is 8.35. The molecule has 1 aliphatic rings. The summed E-state index contributed by atoms with van der Waals surface area (Å²) in [5, 5.41) is 8.06. The molecule has 136 valence electrons. The van der Waals surface area contributed by atoms with E-state index in [0.29, 0.717) is 25.1 Å². The highest BCUT2D eigenvalue weighted by atomic mass is 16.2. The minimum atomic E-state index is -0.688. The molecule has 1 aromatic carbocycles. The van der Waals surface area contributed by atoms with Crippen LogP contribution in [0.2, 0.25) is 0 Å². The van der Waals surface area contributed by atoms with Crippen molar-refractivity contribution >= 4 is 29.1 Å². The van der Waals surface area contributed by atoms with Crippen LogP contribution in [0, 0.1) is 0 Å². The summed E-state index contributed by atoms with van der Waals surface area (Å²) < 4.78 is 0. The molecule has 0 bridgehead atoms. The van der Waals surface area contributed by atoms with Crippen LogP contribution in [0.4, 0.5) is 11.4 Å². The van der Waals surface area contributed by atoms with Crippen molar-refractivity contribution in [3.8, 4) is 0 Å². The lowest BCUT2D eigenvalue weighted by Crippen LogP contribution is -2.45. The fourth-order valence-electron chi connectivity index (χ4n) is 2.95. The fourth-order valence-corrected chi connectivity index (χ4v) is 2.95. The van der Waals surface area contributed by atoms with Crippen molar-refractivity contribution < 1.29 is 14.4 Å². The topological polar surface area (TPSA) is 90.5 Å². The van der Waals surface area contributed by atoms with Crippen molar-refractivity contribution in [2.24, 2.45) is 0 Å². The first kappa shape index (κ1) is 18.9. The Bertz CT molecular complexity index is 656. The van der Waals surface area contributed by atoms with Gasteiger partial charge in [-0.3, -0.25) is 19.3 Å². The van der Waals surface area contributed by atoms with Gasteiger partial charge in [-0.25, -0.2) is 0 Å². The lowest BCUT2D eigenvalue weighted by atomic mass is 10.0. The summed E-state index contributed by atoms with van der Waals surface area (Å²) in [4.78, 5) is 37.6. The highest BCUT2D eigenvalue weighted by Crippen LogP contribution is 2.25. The van der Waals surface area contributed by atoms with Gasteiger partial charge in [-0.05, 0) is 50.2 Å². The first-order chi connectivity index (χ1) is 11.9. The molecule has 0 fully saturated rings. The molecule has 0 spiro atoms. The Morgan fingerprint density at radius 3 is 2.60 bits per heavy atom. The van der Waals surface area contributed by atoms with Gasteiger partial charge >= 0.3 is 11.8 Å². The summed E-state index contributed by atoms with van der Waals surface area (Å²) in [7, 11) is 0. The summed E-state index contributed by atoms with van der Waals surface area (Å²) >= 11 is 0. The highest BCUT2D eigenvalue weighted by Gasteiger charge is 2.18. The first-order valence-corrected chi connectivity index (χ1v) is 8.70. The number of fused-ring (bicyclic) bond motifs is 1. The van der Waals surface area contributed by atoms with Gasteiger partial charge in [0.05, 0.1) is 0 Å². The number of hydrogen-bond donors (Lipinski definition) is 3. The minimum absolute atomic E-state index is 0.00835. The van der Waals surface area contributed by atoms with Gasteiger partial charge < -0.3 is 16.0 Å². The molecule has 3 N–H and O–H groups in total. The van der Waals surface area contributed by atoms with Gasteiger partial charge in [0, 0.05) is 30.4 Å². The predicted molar refractivity (Wildman–Crippen MR) is 97.4 cm³/mol. The third kappa shape index (κ3) is 5.03. The highest BCUT2D eigenvalue weighted by molar-refractivity contribution is 6.39. The number of amides is 3. The molecule has 1 heterocycles. The van der Waals surface area contributed by atoms with E-state index in [0.717, 1.165) is 24.3 Å². The van der Waals surface area contributed by atoms with Crippen LogP contribution in [0.1, 0.15) is 32.8 Å². The summed E-state index contributed by atoms with van der Waals surface area (Å²) in [6.07, 6.45) is 1.05. The molecular weight excluding hydrogens is 320 g/mol. The molecule has 0 saturated carbocycles. The van der Waals surface area contributed by atoms with Crippen LogP contribution in [0.25, 0.3) is 0 Å². The fraction of sp³-hybridized carbons (Fsp3) is 0.500. The van der Waals surface area contributed by atoms with E-state index in [1.807, 2.05) is 6.92 Å². The Morgan fingerprint density at radius 2 is 1.92 bits per heavy atom. The lowest BCUT2D eigenvalue weighted by Gasteiger charge is -2.26. The quantitative estimate of drug-likeness (QED) is 0.678. The Morgan fingerprint density at radius 1 is 1.20 bits per heavy atom. The monoisotopic (exact) mass is 346 g/mol. The van der Waals surface area contributed by atoms with Gasteiger partial charge in [-0.15, -0.1) is 0 Å². The van der Waals surface area contributed by atoms with E-state index in [-0.39, 0.29) is 11.9 Å². The Labute approximate surface area is 148 Å². The molecule has 3 amide bonds. The van der Waals surface area contributed by atoms with Crippen LogP contribution >= 0.6 is 0 Å². The molecule has 1 atom stereocenters.